The number of rotatable bonds is 6. The molecule has 10 heteroatoms. The summed E-state index contributed by atoms with van der Waals surface area (Å²) in [7, 11) is 2.79. The Labute approximate surface area is 140 Å². The third-order valence-corrected chi connectivity index (χ3v) is 3.48. The van der Waals surface area contributed by atoms with E-state index in [-0.39, 0.29) is 34.7 Å². The van der Waals surface area contributed by atoms with Crippen LogP contribution in [0.15, 0.2) is 29.2 Å². The zero-order chi connectivity index (χ0) is 18.3. The van der Waals surface area contributed by atoms with E-state index in [0.717, 1.165) is 17.0 Å². The lowest BCUT2D eigenvalue weighted by atomic mass is 10.2. The molecule has 0 spiro atoms. The van der Waals surface area contributed by atoms with Gasteiger partial charge in [-0.15, -0.1) is 0 Å². The molecule has 0 fully saturated rings. The minimum absolute atomic E-state index is 0.0169. The van der Waals surface area contributed by atoms with Crippen LogP contribution < -0.4 is 5.32 Å². The molecule has 0 aliphatic carbocycles. The summed E-state index contributed by atoms with van der Waals surface area (Å²) < 4.78 is 41.4. The molecule has 0 bridgehead atoms. The van der Waals surface area contributed by atoms with Crippen molar-refractivity contribution in [3.05, 3.63) is 29.8 Å². The maximum Gasteiger partial charge on any atom is 0.446 e. The van der Waals surface area contributed by atoms with E-state index < -0.39 is 24.0 Å². The van der Waals surface area contributed by atoms with E-state index in [4.69, 9.17) is 4.74 Å². The first-order valence-electron chi connectivity index (χ1n) is 6.60. The Morgan fingerprint density at radius 1 is 1.21 bits per heavy atom. The van der Waals surface area contributed by atoms with Crippen molar-refractivity contribution in [1.82, 2.24) is 10.2 Å². The van der Waals surface area contributed by atoms with E-state index in [1.807, 2.05) is 0 Å². The van der Waals surface area contributed by atoms with Crippen LogP contribution in [-0.2, 0) is 14.3 Å². The van der Waals surface area contributed by atoms with Gasteiger partial charge in [-0.25, -0.2) is 4.79 Å². The first-order chi connectivity index (χ1) is 11.1. The van der Waals surface area contributed by atoms with Gasteiger partial charge in [0.1, 0.15) is 0 Å². The number of likely N-dealkylation sites (N-methyl/N-ethyl adjacent to an activating group) is 2. The summed E-state index contributed by atoms with van der Waals surface area (Å²) in [6.07, 6.45) is 0. The smallest absolute Gasteiger partial charge is 0.446 e. The number of carbonyl (C=O) groups excluding carboxylic acids is 3. The second-order valence-electron chi connectivity index (χ2n) is 4.57. The van der Waals surface area contributed by atoms with Gasteiger partial charge in [0.25, 0.3) is 5.91 Å². The molecular weight excluding hydrogens is 349 g/mol. The van der Waals surface area contributed by atoms with Crippen molar-refractivity contribution in [3.8, 4) is 0 Å². The van der Waals surface area contributed by atoms with Crippen LogP contribution in [0.5, 0.6) is 0 Å². The first kappa shape index (κ1) is 19.8. The monoisotopic (exact) mass is 364 g/mol. The van der Waals surface area contributed by atoms with Gasteiger partial charge in [0.05, 0.1) is 12.1 Å². The van der Waals surface area contributed by atoms with Crippen LogP contribution in [-0.4, -0.2) is 55.4 Å². The summed E-state index contributed by atoms with van der Waals surface area (Å²) in [6, 6.07) is 4.62. The largest absolute Gasteiger partial charge is 0.452 e. The van der Waals surface area contributed by atoms with Crippen LogP contribution in [0.3, 0.4) is 0 Å². The maximum atomic E-state index is 12.2. The number of hydrogen-bond donors (Lipinski definition) is 1. The molecule has 1 aromatic rings. The fourth-order valence-corrected chi connectivity index (χ4v) is 2.04. The Morgan fingerprint density at radius 2 is 1.79 bits per heavy atom. The standard InChI is InChI=1S/C14H15F3N2O4S/c1-18-11(20)7-19(2)12(21)8-23-13(22)9-3-5-10(6-4-9)24-14(15,16)17/h3-6H,7-8H2,1-2H3,(H,18,20). The molecule has 1 rings (SSSR count). The van der Waals surface area contributed by atoms with E-state index in [1.165, 1.54) is 26.2 Å². The molecule has 0 aromatic heterocycles. The molecular formula is C14H15F3N2O4S. The first-order valence-corrected chi connectivity index (χ1v) is 7.41. The lowest BCUT2D eigenvalue weighted by molar-refractivity contribution is -0.137. The normalized spacial score (nSPS) is 10.9. The van der Waals surface area contributed by atoms with Gasteiger partial charge in [-0.1, -0.05) is 0 Å². The highest BCUT2D eigenvalue weighted by atomic mass is 32.2. The van der Waals surface area contributed by atoms with E-state index >= 15 is 0 Å². The van der Waals surface area contributed by atoms with Crippen molar-refractivity contribution in [2.75, 3.05) is 27.2 Å². The number of ether oxygens (including phenoxy) is 1. The third kappa shape index (κ3) is 6.90. The number of benzene rings is 1. The zero-order valence-electron chi connectivity index (χ0n) is 12.8. The quantitative estimate of drug-likeness (QED) is 0.614. The lowest BCUT2D eigenvalue weighted by Crippen LogP contribution is -2.39. The van der Waals surface area contributed by atoms with Gasteiger partial charge < -0.3 is 15.0 Å². The molecule has 0 radical (unpaired) electrons. The summed E-state index contributed by atoms with van der Waals surface area (Å²) in [5, 5.41) is 2.34. The van der Waals surface area contributed by atoms with Gasteiger partial charge in [0.2, 0.25) is 5.91 Å². The Bertz CT molecular complexity index is 605. The summed E-state index contributed by atoms with van der Waals surface area (Å²) >= 11 is -0.300. The van der Waals surface area contributed by atoms with Crippen LogP contribution in [0.2, 0.25) is 0 Å². The average Bonchev–Trinajstić information content (AvgIpc) is 2.51. The second-order valence-corrected chi connectivity index (χ2v) is 5.71. The highest BCUT2D eigenvalue weighted by Crippen LogP contribution is 2.36. The van der Waals surface area contributed by atoms with Crippen molar-refractivity contribution >= 4 is 29.5 Å². The molecule has 0 heterocycles. The Hall–Kier alpha value is -2.23. The number of amides is 2. The van der Waals surface area contributed by atoms with Crippen molar-refractivity contribution in [2.24, 2.45) is 0 Å². The van der Waals surface area contributed by atoms with E-state index in [1.54, 1.807) is 0 Å². The van der Waals surface area contributed by atoms with Gasteiger partial charge in [0.15, 0.2) is 6.61 Å². The molecule has 0 aliphatic rings. The average molecular weight is 364 g/mol. The molecule has 0 aliphatic heterocycles. The second kappa shape index (κ2) is 8.57. The van der Waals surface area contributed by atoms with Crippen molar-refractivity contribution in [1.29, 1.82) is 0 Å². The van der Waals surface area contributed by atoms with Crippen LogP contribution >= 0.6 is 11.8 Å². The van der Waals surface area contributed by atoms with Crippen molar-refractivity contribution in [2.45, 2.75) is 10.4 Å². The Kier molecular flexibility index (Phi) is 7.08. The van der Waals surface area contributed by atoms with Crippen molar-refractivity contribution < 1.29 is 32.3 Å². The molecule has 1 N–H and O–H groups in total. The van der Waals surface area contributed by atoms with Gasteiger partial charge in [0, 0.05) is 19.0 Å². The molecule has 6 nitrogen and oxygen atoms in total. The number of thioether (sulfide) groups is 1. The fraction of sp³-hybridized carbons (Fsp3) is 0.357. The minimum atomic E-state index is -4.41. The topological polar surface area (TPSA) is 75.7 Å². The van der Waals surface area contributed by atoms with Gasteiger partial charge in [-0.05, 0) is 36.0 Å². The number of halogens is 3. The molecule has 2 amide bonds. The predicted octanol–water partition coefficient (Wildman–Crippen LogP) is 1.66. The summed E-state index contributed by atoms with van der Waals surface area (Å²) in [4.78, 5) is 35.6. The number of carbonyl (C=O) groups is 3. The molecule has 24 heavy (non-hydrogen) atoms. The summed E-state index contributed by atoms with van der Waals surface area (Å²) in [6.45, 7) is -0.762. The number of hydrogen-bond acceptors (Lipinski definition) is 5. The van der Waals surface area contributed by atoms with E-state index in [9.17, 15) is 27.6 Å². The summed E-state index contributed by atoms with van der Waals surface area (Å²) in [5.41, 5.74) is -4.40. The van der Waals surface area contributed by atoms with Crippen LogP contribution in [0.25, 0.3) is 0 Å². The number of alkyl halides is 3. The predicted molar refractivity (Wildman–Crippen MR) is 80.3 cm³/mol. The molecule has 0 atom stereocenters. The third-order valence-electron chi connectivity index (χ3n) is 2.74. The Balaban J connectivity index is 2.53. The van der Waals surface area contributed by atoms with E-state index in [2.05, 4.69) is 5.32 Å². The van der Waals surface area contributed by atoms with Crippen LogP contribution in [0, 0.1) is 0 Å². The highest BCUT2D eigenvalue weighted by molar-refractivity contribution is 8.00. The number of nitrogens with zero attached hydrogens (tertiary/aromatic N) is 1. The van der Waals surface area contributed by atoms with Crippen LogP contribution in [0.4, 0.5) is 13.2 Å². The lowest BCUT2D eigenvalue weighted by Gasteiger charge is -2.15. The number of nitrogens with one attached hydrogen (secondary N) is 1. The molecule has 132 valence electrons. The summed E-state index contributed by atoms with van der Waals surface area (Å²) in [5.74, 6) is -1.81. The maximum absolute atomic E-state index is 12.2. The van der Waals surface area contributed by atoms with Gasteiger partial charge in [-0.2, -0.15) is 13.2 Å². The minimum Gasteiger partial charge on any atom is -0.452 e. The molecule has 0 saturated carbocycles. The van der Waals surface area contributed by atoms with Crippen molar-refractivity contribution in [3.63, 3.8) is 0 Å². The molecule has 1 aromatic carbocycles. The Morgan fingerprint density at radius 3 is 2.29 bits per heavy atom. The van der Waals surface area contributed by atoms with E-state index in [0.29, 0.717) is 0 Å². The molecule has 0 saturated heterocycles. The zero-order valence-corrected chi connectivity index (χ0v) is 13.7. The molecule has 0 unspecified atom stereocenters. The van der Waals surface area contributed by atoms with Gasteiger partial charge >= 0.3 is 11.5 Å². The van der Waals surface area contributed by atoms with Crippen LogP contribution in [0.1, 0.15) is 10.4 Å². The number of esters is 1. The fourth-order valence-electron chi connectivity index (χ4n) is 1.50. The highest BCUT2D eigenvalue weighted by Gasteiger charge is 2.29. The van der Waals surface area contributed by atoms with Gasteiger partial charge in [-0.3, -0.25) is 9.59 Å². The SMILES string of the molecule is CNC(=O)CN(C)C(=O)COC(=O)c1ccc(SC(F)(F)F)cc1.